The van der Waals surface area contributed by atoms with Crippen LogP contribution in [0.4, 0.5) is 0 Å². The third-order valence-corrected chi connectivity index (χ3v) is 2.80. The molecule has 1 aliphatic rings. The SMILES string of the molecule is CN(CCO)C(=O)CC1CCCC1. The lowest BCUT2D eigenvalue weighted by molar-refractivity contribution is -0.131. The fraction of sp³-hybridized carbons (Fsp3) is 0.900. The molecule has 1 aliphatic carbocycles. The molecule has 3 heteroatoms. The second kappa shape index (κ2) is 5.22. The molecule has 0 aromatic carbocycles. The first-order valence-corrected chi connectivity index (χ1v) is 5.09. The highest BCUT2D eigenvalue weighted by Crippen LogP contribution is 2.27. The molecule has 0 radical (unpaired) electrons. The Balaban J connectivity index is 2.22. The van der Waals surface area contributed by atoms with Crippen molar-refractivity contribution < 1.29 is 9.90 Å². The van der Waals surface area contributed by atoms with Crippen molar-refractivity contribution in [2.45, 2.75) is 32.1 Å². The number of carbonyl (C=O) groups excluding carboxylic acids is 1. The van der Waals surface area contributed by atoms with Crippen molar-refractivity contribution in [3.63, 3.8) is 0 Å². The van der Waals surface area contributed by atoms with E-state index >= 15 is 0 Å². The molecule has 0 bridgehead atoms. The van der Waals surface area contributed by atoms with Crippen LogP contribution in [0.25, 0.3) is 0 Å². The first-order valence-electron chi connectivity index (χ1n) is 5.09. The maximum absolute atomic E-state index is 11.5. The molecule has 13 heavy (non-hydrogen) atoms. The zero-order valence-electron chi connectivity index (χ0n) is 8.33. The minimum atomic E-state index is 0.0624. The minimum absolute atomic E-state index is 0.0624. The smallest absolute Gasteiger partial charge is 0.222 e. The normalized spacial score (nSPS) is 17.7. The molecule has 3 nitrogen and oxygen atoms in total. The van der Waals surface area contributed by atoms with Gasteiger partial charge in [0.1, 0.15) is 0 Å². The molecule has 0 aromatic rings. The monoisotopic (exact) mass is 185 g/mol. The lowest BCUT2D eigenvalue weighted by Crippen LogP contribution is -2.30. The highest BCUT2D eigenvalue weighted by atomic mass is 16.3. The van der Waals surface area contributed by atoms with Gasteiger partial charge >= 0.3 is 0 Å². The molecular weight excluding hydrogens is 166 g/mol. The topological polar surface area (TPSA) is 40.5 Å². The Morgan fingerprint density at radius 3 is 2.62 bits per heavy atom. The molecule has 1 N–H and O–H groups in total. The number of nitrogens with zero attached hydrogens (tertiary/aromatic N) is 1. The van der Waals surface area contributed by atoms with E-state index in [1.165, 1.54) is 25.7 Å². The van der Waals surface area contributed by atoms with Crippen molar-refractivity contribution in [1.82, 2.24) is 4.90 Å². The first-order chi connectivity index (χ1) is 6.24. The number of rotatable bonds is 4. The maximum Gasteiger partial charge on any atom is 0.222 e. The van der Waals surface area contributed by atoms with Gasteiger partial charge in [-0.2, -0.15) is 0 Å². The molecule has 1 saturated carbocycles. The van der Waals surface area contributed by atoms with E-state index in [0.717, 1.165) is 0 Å². The predicted octanol–water partition coefficient (Wildman–Crippen LogP) is 1.02. The summed E-state index contributed by atoms with van der Waals surface area (Å²) in [5, 5.41) is 8.65. The molecule has 0 unspecified atom stereocenters. The third-order valence-electron chi connectivity index (χ3n) is 2.80. The van der Waals surface area contributed by atoms with E-state index in [2.05, 4.69) is 0 Å². The summed E-state index contributed by atoms with van der Waals surface area (Å²) in [6.07, 6.45) is 5.65. The van der Waals surface area contributed by atoms with Gasteiger partial charge in [0, 0.05) is 20.0 Å². The van der Waals surface area contributed by atoms with Gasteiger partial charge in [0.15, 0.2) is 0 Å². The average Bonchev–Trinajstić information content (AvgIpc) is 2.57. The third kappa shape index (κ3) is 3.35. The van der Waals surface area contributed by atoms with E-state index in [-0.39, 0.29) is 12.5 Å². The van der Waals surface area contributed by atoms with Crippen LogP contribution in [0.5, 0.6) is 0 Å². The summed E-state index contributed by atoms with van der Waals surface area (Å²) in [4.78, 5) is 13.1. The molecule has 1 fully saturated rings. The lowest BCUT2D eigenvalue weighted by Gasteiger charge is -2.17. The van der Waals surface area contributed by atoms with E-state index in [1.54, 1.807) is 11.9 Å². The molecule has 76 valence electrons. The molecule has 0 heterocycles. The maximum atomic E-state index is 11.5. The fourth-order valence-corrected chi connectivity index (χ4v) is 1.89. The first kappa shape index (κ1) is 10.5. The Bertz CT molecular complexity index is 164. The second-order valence-corrected chi connectivity index (χ2v) is 3.89. The van der Waals surface area contributed by atoms with Crippen LogP contribution in [0, 0.1) is 5.92 Å². The van der Waals surface area contributed by atoms with Crippen LogP contribution in [0.3, 0.4) is 0 Å². The molecule has 1 rings (SSSR count). The number of aliphatic hydroxyl groups is 1. The van der Waals surface area contributed by atoms with Crippen LogP contribution < -0.4 is 0 Å². The van der Waals surface area contributed by atoms with Crippen molar-refractivity contribution in [3.8, 4) is 0 Å². The van der Waals surface area contributed by atoms with E-state index in [0.29, 0.717) is 18.9 Å². The van der Waals surface area contributed by atoms with Gasteiger partial charge in [-0.3, -0.25) is 4.79 Å². The summed E-state index contributed by atoms with van der Waals surface area (Å²) in [5.41, 5.74) is 0. The largest absolute Gasteiger partial charge is 0.395 e. The van der Waals surface area contributed by atoms with E-state index < -0.39 is 0 Å². The molecular formula is C10H19NO2. The quantitative estimate of drug-likeness (QED) is 0.710. The van der Waals surface area contributed by atoms with Gasteiger partial charge in [-0.25, -0.2) is 0 Å². The Morgan fingerprint density at radius 2 is 2.08 bits per heavy atom. The van der Waals surface area contributed by atoms with Crippen molar-refractivity contribution in [3.05, 3.63) is 0 Å². The van der Waals surface area contributed by atoms with Crippen LogP contribution in [0.1, 0.15) is 32.1 Å². The van der Waals surface area contributed by atoms with Gasteiger partial charge in [-0.1, -0.05) is 12.8 Å². The number of aliphatic hydroxyl groups excluding tert-OH is 1. The van der Waals surface area contributed by atoms with Crippen LogP contribution in [0.15, 0.2) is 0 Å². The molecule has 0 saturated heterocycles. The van der Waals surface area contributed by atoms with Gasteiger partial charge in [-0.05, 0) is 18.8 Å². The highest BCUT2D eigenvalue weighted by Gasteiger charge is 2.19. The molecule has 0 aliphatic heterocycles. The van der Waals surface area contributed by atoms with Crippen LogP contribution in [0.2, 0.25) is 0 Å². The summed E-state index contributed by atoms with van der Waals surface area (Å²) in [6, 6.07) is 0. The van der Waals surface area contributed by atoms with Crippen LogP contribution >= 0.6 is 0 Å². The summed E-state index contributed by atoms with van der Waals surface area (Å²) in [7, 11) is 1.76. The molecule has 0 aromatic heterocycles. The minimum Gasteiger partial charge on any atom is -0.395 e. The Kier molecular flexibility index (Phi) is 4.22. The van der Waals surface area contributed by atoms with Gasteiger partial charge in [0.05, 0.1) is 6.61 Å². The highest BCUT2D eigenvalue weighted by molar-refractivity contribution is 5.76. The van der Waals surface area contributed by atoms with E-state index in [9.17, 15) is 4.79 Å². The number of likely N-dealkylation sites (N-methyl/N-ethyl adjacent to an activating group) is 1. The number of amides is 1. The summed E-state index contributed by atoms with van der Waals surface area (Å²) in [6.45, 7) is 0.526. The zero-order valence-corrected chi connectivity index (χ0v) is 8.33. The summed E-state index contributed by atoms with van der Waals surface area (Å²) < 4.78 is 0. The van der Waals surface area contributed by atoms with Gasteiger partial charge in [-0.15, -0.1) is 0 Å². The van der Waals surface area contributed by atoms with Gasteiger partial charge < -0.3 is 10.0 Å². The van der Waals surface area contributed by atoms with Gasteiger partial charge in [0.25, 0.3) is 0 Å². The molecule has 1 amide bonds. The average molecular weight is 185 g/mol. The summed E-state index contributed by atoms with van der Waals surface area (Å²) >= 11 is 0. The van der Waals surface area contributed by atoms with E-state index in [4.69, 9.17) is 5.11 Å². The Hall–Kier alpha value is -0.570. The number of carbonyl (C=O) groups is 1. The van der Waals surface area contributed by atoms with Crippen LogP contribution in [-0.2, 0) is 4.79 Å². The van der Waals surface area contributed by atoms with E-state index in [1.807, 2.05) is 0 Å². The standard InChI is InChI=1S/C10H19NO2/c1-11(6-7-12)10(13)8-9-4-2-3-5-9/h9,12H,2-8H2,1H3. The van der Waals surface area contributed by atoms with Crippen molar-refractivity contribution in [2.24, 2.45) is 5.92 Å². The molecule has 0 atom stereocenters. The molecule has 0 spiro atoms. The van der Waals surface area contributed by atoms with Gasteiger partial charge in [0.2, 0.25) is 5.91 Å². The van der Waals surface area contributed by atoms with Crippen molar-refractivity contribution >= 4 is 5.91 Å². The van der Waals surface area contributed by atoms with Crippen molar-refractivity contribution in [1.29, 1.82) is 0 Å². The van der Waals surface area contributed by atoms with Crippen LogP contribution in [-0.4, -0.2) is 36.1 Å². The summed E-state index contributed by atoms with van der Waals surface area (Å²) in [5.74, 6) is 0.787. The number of hydrogen-bond donors (Lipinski definition) is 1. The fourth-order valence-electron chi connectivity index (χ4n) is 1.89. The second-order valence-electron chi connectivity index (χ2n) is 3.89. The zero-order chi connectivity index (χ0) is 9.68. The Labute approximate surface area is 79.7 Å². The number of hydrogen-bond acceptors (Lipinski definition) is 2. The lowest BCUT2D eigenvalue weighted by atomic mass is 10.0. The predicted molar refractivity (Wildman–Crippen MR) is 51.3 cm³/mol. The van der Waals surface area contributed by atoms with Crippen molar-refractivity contribution in [2.75, 3.05) is 20.2 Å². The Morgan fingerprint density at radius 1 is 1.46 bits per heavy atom.